The Kier molecular flexibility index (Phi) is 8.48. The molecule has 0 amide bonds. The van der Waals surface area contributed by atoms with Gasteiger partial charge in [0.1, 0.15) is 12.4 Å². The summed E-state index contributed by atoms with van der Waals surface area (Å²) in [6.07, 6.45) is 0.907. The first-order chi connectivity index (χ1) is 9.77. The molecule has 0 saturated heterocycles. The molecule has 0 fully saturated rings. The molecule has 1 rings (SSSR count). The maximum Gasteiger partial charge on any atom is 0.119 e. The van der Waals surface area contributed by atoms with Crippen molar-refractivity contribution in [3.63, 3.8) is 0 Å². The van der Waals surface area contributed by atoms with Gasteiger partial charge >= 0.3 is 0 Å². The first-order valence-electron chi connectivity index (χ1n) is 6.77. The summed E-state index contributed by atoms with van der Waals surface area (Å²) in [5.41, 5.74) is 7.43. The average Bonchev–Trinajstić information content (AvgIpc) is 2.45. The molecular formula is C16H23NO3. The third-order valence-electron chi connectivity index (χ3n) is 2.66. The van der Waals surface area contributed by atoms with E-state index in [2.05, 4.69) is 11.8 Å². The zero-order valence-electron chi connectivity index (χ0n) is 12.3. The monoisotopic (exact) mass is 277 g/mol. The molecule has 0 atom stereocenters. The third-order valence-corrected chi connectivity index (χ3v) is 2.66. The van der Waals surface area contributed by atoms with E-state index in [1.165, 1.54) is 0 Å². The smallest absolute Gasteiger partial charge is 0.119 e. The van der Waals surface area contributed by atoms with Crippen LogP contribution < -0.4 is 10.5 Å². The van der Waals surface area contributed by atoms with E-state index in [0.29, 0.717) is 26.4 Å². The number of hydrogen-bond acceptors (Lipinski definition) is 4. The molecule has 0 radical (unpaired) electrons. The number of aryl methyl sites for hydroxylation is 1. The lowest BCUT2D eigenvalue weighted by Crippen LogP contribution is -2.08. The van der Waals surface area contributed by atoms with E-state index in [4.69, 9.17) is 19.9 Å². The lowest BCUT2D eigenvalue weighted by molar-refractivity contribution is 0.0806. The number of ether oxygens (including phenoxy) is 3. The van der Waals surface area contributed by atoms with Crippen LogP contribution >= 0.6 is 0 Å². The molecule has 0 heterocycles. The fourth-order valence-electron chi connectivity index (χ4n) is 1.64. The van der Waals surface area contributed by atoms with Crippen LogP contribution in [-0.4, -0.2) is 40.1 Å². The fourth-order valence-corrected chi connectivity index (χ4v) is 1.64. The summed E-state index contributed by atoms with van der Waals surface area (Å²) in [4.78, 5) is 0. The second-order valence-electron chi connectivity index (χ2n) is 4.29. The van der Waals surface area contributed by atoms with Crippen LogP contribution in [0.1, 0.15) is 17.5 Å². The van der Waals surface area contributed by atoms with Crippen LogP contribution in [0.3, 0.4) is 0 Å². The Hall–Kier alpha value is -1.54. The van der Waals surface area contributed by atoms with Gasteiger partial charge in [0.25, 0.3) is 0 Å². The maximum absolute atomic E-state index is 5.62. The minimum Gasteiger partial charge on any atom is -0.491 e. The molecule has 0 aliphatic heterocycles. The van der Waals surface area contributed by atoms with Crippen molar-refractivity contribution in [2.45, 2.75) is 13.3 Å². The van der Waals surface area contributed by atoms with Crippen molar-refractivity contribution in [1.82, 2.24) is 0 Å². The van der Waals surface area contributed by atoms with Crippen molar-refractivity contribution < 1.29 is 14.2 Å². The maximum atomic E-state index is 5.62. The van der Waals surface area contributed by atoms with E-state index in [-0.39, 0.29) is 0 Å². The van der Waals surface area contributed by atoms with E-state index >= 15 is 0 Å². The Morgan fingerprint density at radius 1 is 1.15 bits per heavy atom. The van der Waals surface area contributed by atoms with Crippen LogP contribution in [0.2, 0.25) is 0 Å². The van der Waals surface area contributed by atoms with Crippen LogP contribution in [-0.2, 0) is 9.47 Å². The molecular weight excluding hydrogens is 254 g/mol. The van der Waals surface area contributed by atoms with Crippen LogP contribution in [0.4, 0.5) is 0 Å². The molecule has 4 nitrogen and oxygen atoms in total. The topological polar surface area (TPSA) is 53.7 Å². The summed E-state index contributed by atoms with van der Waals surface area (Å²) >= 11 is 0. The summed E-state index contributed by atoms with van der Waals surface area (Å²) < 4.78 is 16.0. The van der Waals surface area contributed by atoms with Gasteiger partial charge in [0.2, 0.25) is 0 Å². The van der Waals surface area contributed by atoms with Gasteiger partial charge in [-0.1, -0.05) is 11.8 Å². The van der Waals surface area contributed by atoms with Crippen molar-refractivity contribution in [3.8, 4) is 17.6 Å². The molecule has 0 saturated carbocycles. The fraction of sp³-hybridized carbons (Fsp3) is 0.500. The number of methoxy groups -OCH3 is 1. The molecule has 0 aromatic heterocycles. The highest BCUT2D eigenvalue weighted by molar-refractivity contribution is 5.44. The summed E-state index contributed by atoms with van der Waals surface area (Å²) in [6, 6.07) is 5.84. The van der Waals surface area contributed by atoms with Gasteiger partial charge in [0, 0.05) is 25.9 Å². The molecule has 1 aromatic rings. The van der Waals surface area contributed by atoms with E-state index in [1.54, 1.807) is 7.11 Å². The summed E-state index contributed by atoms with van der Waals surface area (Å²) in [7, 11) is 1.69. The van der Waals surface area contributed by atoms with Gasteiger partial charge in [-0.3, -0.25) is 0 Å². The highest BCUT2D eigenvalue weighted by Gasteiger charge is 1.99. The minimum atomic E-state index is 0.373. The largest absolute Gasteiger partial charge is 0.491 e. The van der Waals surface area contributed by atoms with Crippen LogP contribution in [0.5, 0.6) is 5.75 Å². The average molecular weight is 277 g/mol. The molecule has 4 heteroatoms. The lowest BCUT2D eigenvalue weighted by atomic mass is 10.1. The molecule has 2 N–H and O–H groups in total. The summed E-state index contributed by atoms with van der Waals surface area (Å²) in [5, 5.41) is 0. The highest BCUT2D eigenvalue weighted by atomic mass is 16.5. The normalized spacial score (nSPS) is 9.95. The number of rotatable bonds is 8. The molecule has 0 spiro atoms. The van der Waals surface area contributed by atoms with Gasteiger partial charge in [0.05, 0.1) is 13.2 Å². The Balaban J connectivity index is 2.29. The minimum absolute atomic E-state index is 0.373. The number of benzene rings is 1. The van der Waals surface area contributed by atoms with Crippen molar-refractivity contribution in [2.75, 3.05) is 40.1 Å². The second-order valence-corrected chi connectivity index (χ2v) is 4.29. The zero-order chi connectivity index (χ0) is 14.6. The van der Waals surface area contributed by atoms with Crippen molar-refractivity contribution in [1.29, 1.82) is 0 Å². The molecule has 0 unspecified atom stereocenters. The van der Waals surface area contributed by atoms with Gasteiger partial charge in [-0.05, 0) is 37.1 Å². The van der Waals surface area contributed by atoms with E-state index in [1.807, 2.05) is 25.1 Å². The SMILES string of the molecule is COCCCOCCOc1ccc(C#CCN)c(C)c1. The third kappa shape index (κ3) is 6.58. The van der Waals surface area contributed by atoms with Crippen LogP contribution in [0.15, 0.2) is 18.2 Å². The predicted octanol–water partition coefficient (Wildman–Crippen LogP) is 1.74. The summed E-state index contributed by atoms with van der Waals surface area (Å²) in [5.74, 6) is 6.71. The molecule has 20 heavy (non-hydrogen) atoms. The first kappa shape index (κ1) is 16.5. The Morgan fingerprint density at radius 3 is 2.70 bits per heavy atom. The predicted molar refractivity (Wildman–Crippen MR) is 79.9 cm³/mol. The molecule has 110 valence electrons. The second kappa shape index (κ2) is 10.3. The van der Waals surface area contributed by atoms with Gasteiger partial charge in [-0.25, -0.2) is 0 Å². The molecule has 1 aromatic carbocycles. The Labute approximate surface area is 121 Å². The lowest BCUT2D eigenvalue weighted by Gasteiger charge is -2.08. The highest BCUT2D eigenvalue weighted by Crippen LogP contribution is 2.16. The molecule has 0 aliphatic carbocycles. The van der Waals surface area contributed by atoms with Crippen LogP contribution in [0.25, 0.3) is 0 Å². The van der Waals surface area contributed by atoms with Gasteiger partial charge in [0.15, 0.2) is 0 Å². The molecule has 0 bridgehead atoms. The Morgan fingerprint density at radius 2 is 2.00 bits per heavy atom. The zero-order valence-corrected chi connectivity index (χ0v) is 12.3. The van der Waals surface area contributed by atoms with E-state index < -0.39 is 0 Å². The van der Waals surface area contributed by atoms with Gasteiger partial charge in [-0.2, -0.15) is 0 Å². The Bertz CT molecular complexity index is 449. The van der Waals surface area contributed by atoms with E-state index in [0.717, 1.165) is 29.9 Å². The van der Waals surface area contributed by atoms with Gasteiger partial charge < -0.3 is 19.9 Å². The van der Waals surface area contributed by atoms with Crippen molar-refractivity contribution >= 4 is 0 Å². The van der Waals surface area contributed by atoms with E-state index in [9.17, 15) is 0 Å². The number of nitrogens with two attached hydrogens (primary N) is 1. The quantitative estimate of drug-likeness (QED) is 0.581. The summed E-state index contributed by atoms with van der Waals surface area (Å²) in [6.45, 7) is 4.93. The van der Waals surface area contributed by atoms with Crippen molar-refractivity contribution in [2.24, 2.45) is 5.73 Å². The van der Waals surface area contributed by atoms with Gasteiger partial charge in [-0.15, -0.1) is 0 Å². The standard InChI is InChI=1S/C16H23NO3/c1-14-13-16(7-6-15(14)5-3-8-17)20-12-11-19-10-4-9-18-2/h6-7,13H,4,8-12,17H2,1-2H3. The number of hydrogen-bond donors (Lipinski definition) is 1. The van der Waals surface area contributed by atoms with Crippen LogP contribution in [0, 0.1) is 18.8 Å². The molecule has 0 aliphatic rings. The van der Waals surface area contributed by atoms with Crippen molar-refractivity contribution in [3.05, 3.63) is 29.3 Å². The first-order valence-corrected chi connectivity index (χ1v) is 6.77.